The summed E-state index contributed by atoms with van der Waals surface area (Å²) >= 11 is 6.06. The normalized spacial score (nSPS) is 30.7. The van der Waals surface area contributed by atoms with Crippen LogP contribution < -0.4 is 0 Å². The molecule has 1 aromatic rings. The third-order valence-corrected chi connectivity index (χ3v) is 2.78. The number of halogens is 1. The fraction of sp³-hybridized carbons (Fsp3) is 0.455. The largest absolute Gasteiger partial charge is 0.394 e. The van der Waals surface area contributed by atoms with Crippen LogP contribution in [-0.4, -0.2) is 24.1 Å². The Hall–Kier alpha value is -0.610. The zero-order valence-electron chi connectivity index (χ0n) is 8.39. The average molecular weight is 229 g/mol. The molecule has 3 atom stereocenters. The molecule has 1 aliphatic rings. The van der Waals surface area contributed by atoms with Crippen LogP contribution >= 0.6 is 11.6 Å². The Morgan fingerprint density at radius 2 is 2.07 bits per heavy atom. The van der Waals surface area contributed by atoms with E-state index >= 15 is 0 Å². The molecule has 2 rings (SSSR count). The lowest BCUT2D eigenvalue weighted by molar-refractivity contribution is -0.0563. The van der Waals surface area contributed by atoms with Gasteiger partial charge >= 0.3 is 0 Å². The maximum Gasteiger partial charge on any atom is 0.156 e. The standard InChI is InChI=1S/C11H13ClO3/c1-7-14-10(6-13)11(15-7)8-4-2-3-5-9(8)12/h2-5,7,10-11,13H,6H2,1H3/t7?,10-,11-/m0/s1. The summed E-state index contributed by atoms with van der Waals surface area (Å²) in [5.74, 6) is 0. The van der Waals surface area contributed by atoms with Gasteiger partial charge in [0.2, 0.25) is 0 Å². The molecule has 0 radical (unpaired) electrons. The Bertz CT molecular complexity index is 342. The summed E-state index contributed by atoms with van der Waals surface area (Å²) in [6.45, 7) is 1.74. The Morgan fingerprint density at radius 3 is 2.73 bits per heavy atom. The van der Waals surface area contributed by atoms with Gasteiger partial charge in [-0.3, -0.25) is 0 Å². The molecule has 3 nitrogen and oxygen atoms in total. The Labute approximate surface area is 93.6 Å². The first kappa shape index (κ1) is 10.9. The second kappa shape index (κ2) is 4.49. The number of ether oxygens (including phenoxy) is 2. The Kier molecular flexibility index (Phi) is 3.26. The van der Waals surface area contributed by atoms with Crippen LogP contribution in [0.2, 0.25) is 5.02 Å². The molecule has 0 spiro atoms. The summed E-state index contributed by atoms with van der Waals surface area (Å²) in [6.07, 6.45) is -0.915. The Balaban J connectivity index is 2.26. The molecule has 0 saturated carbocycles. The van der Waals surface area contributed by atoms with Crippen LogP contribution in [0.25, 0.3) is 0 Å². The van der Waals surface area contributed by atoms with E-state index in [2.05, 4.69) is 0 Å². The lowest BCUT2D eigenvalue weighted by Gasteiger charge is -2.15. The number of hydrogen-bond acceptors (Lipinski definition) is 3. The highest BCUT2D eigenvalue weighted by Gasteiger charge is 2.35. The topological polar surface area (TPSA) is 38.7 Å². The van der Waals surface area contributed by atoms with Crippen molar-refractivity contribution in [2.45, 2.75) is 25.4 Å². The van der Waals surface area contributed by atoms with Crippen LogP contribution in [-0.2, 0) is 9.47 Å². The predicted octanol–water partition coefficient (Wildman–Crippen LogP) is 2.13. The van der Waals surface area contributed by atoms with Gasteiger partial charge in [0.1, 0.15) is 12.2 Å². The van der Waals surface area contributed by atoms with Gasteiger partial charge in [-0.25, -0.2) is 0 Å². The summed E-state index contributed by atoms with van der Waals surface area (Å²) in [4.78, 5) is 0. The molecule has 0 amide bonds. The number of benzene rings is 1. The molecule has 1 N–H and O–H groups in total. The molecule has 0 aliphatic carbocycles. The highest BCUT2D eigenvalue weighted by Crippen LogP contribution is 2.35. The van der Waals surface area contributed by atoms with Crippen molar-refractivity contribution in [3.05, 3.63) is 34.9 Å². The molecule has 1 aromatic carbocycles. The first-order chi connectivity index (χ1) is 7.22. The molecule has 1 fully saturated rings. The van der Waals surface area contributed by atoms with Crippen molar-refractivity contribution in [2.24, 2.45) is 0 Å². The van der Waals surface area contributed by atoms with Crippen LogP contribution in [0.4, 0.5) is 0 Å². The van der Waals surface area contributed by atoms with Gasteiger partial charge in [0.05, 0.1) is 6.61 Å². The van der Waals surface area contributed by atoms with Crippen LogP contribution in [0.5, 0.6) is 0 Å². The summed E-state index contributed by atoms with van der Waals surface area (Å²) in [5.41, 5.74) is 0.863. The molecule has 1 unspecified atom stereocenters. The molecule has 1 aliphatic heterocycles. The quantitative estimate of drug-likeness (QED) is 0.843. The maximum atomic E-state index is 9.16. The van der Waals surface area contributed by atoms with Crippen LogP contribution in [0.15, 0.2) is 24.3 Å². The average Bonchev–Trinajstić information content (AvgIpc) is 2.60. The first-order valence-corrected chi connectivity index (χ1v) is 5.26. The van der Waals surface area contributed by atoms with Crippen molar-refractivity contribution in [3.63, 3.8) is 0 Å². The summed E-state index contributed by atoms with van der Waals surface area (Å²) in [5, 5.41) is 9.80. The van der Waals surface area contributed by atoms with E-state index in [1.165, 1.54) is 0 Å². The fourth-order valence-corrected chi connectivity index (χ4v) is 2.01. The van der Waals surface area contributed by atoms with Gasteiger partial charge in [-0.2, -0.15) is 0 Å². The van der Waals surface area contributed by atoms with Crippen molar-refractivity contribution in [2.75, 3.05) is 6.61 Å². The van der Waals surface area contributed by atoms with Gasteiger partial charge in [0, 0.05) is 10.6 Å². The van der Waals surface area contributed by atoms with Crippen molar-refractivity contribution < 1.29 is 14.6 Å². The van der Waals surface area contributed by atoms with E-state index in [0.29, 0.717) is 5.02 Å². The van der Waals surface area contributed by atoms with Gasteiger partial charge in [-0.15, -0.1) is 0 Å². The van der Waals surface area contributed by atoms with E-state index in [9.17, 15) is 0 Å². The van der Waals surface area contributed by atoms with Crippen molar-refractivity contribution >= 4 is 11.6 Å². The van der Waals surface area contributed by atoms with Gasteiger partial charge in [-0.1, -0.05) is 29.8 Å². The zero-order chi connectivity index (χ0) is 10.8. The fourth-order valence-electron chi connectivity index (χ4n) is 1.76. The van der Waals surface area contributed by atoms with E-state index in [1.807, 2.05) is 18.2 Å². The summed E-state index contributed by atoms with van der Waals surface area (Å²) < 4.78 is 11.0. The Morgan fingerprint density at radius 1 is 1.33 bits per heavy atom. The molecule has 1 heterocycles. The van der Waals surface area contributed by atoms with Gasteiger partial charge in [0.15, 0.2) is 6.29 Å². The number of aliphatic hydroxyl groups excluding tert-OH is 1. The number of hydrogen-bond donors (Lipinski definition) is 1. The second-order valence-electron chi connectivity index (χ2n) is 3.50. The van der Waals surface area contributed by atoms with E-state index < -0.39 is 0 Å². The lowest BCUT2D eigenvalue weighted by Crippen LogP contribution is -2.19. The first-order valence-electron chi connectivity index (χ1n) is 4.88. The monoisotopic (exact) mass is 228 g/mol. The third kappa shape index (κ3) is 2.16. The summed E-state index contributed by atoms with van der Waals surface area (Å²) in [7, 11) is 0. The number of rotatable bonds is 2. The third-order valence-electron chi connectivity index (χ3n) is 2.43. The number of aliphatic hydroxyl groups is 1. The van der Waals surface area contributed by atoms with Gasteiger partial charge in [-0.05, 0) is 13.0 Å². The van der Waals surface area contributed by atoms with E-state index in [-0.39, 0.29) is 25.1 Å². The summed E-state index contributed by atoms with van der Waals surface area (Å²) in [6, 6.07) is 7.44. The highest BCUT2D eigenvalue weighted by molar-refractivity contribution is 6.31. The molecule has 0 bridgehead atoms. The minimum atomic E-state index is -0.333. The van der Waals surface area contributed by atoms with E-state index in [4.69, 9.17) is 26.2 Å². The van der Waals surface area contributed by atoms with Crippen molar-refractivity contribution in [3.8, 4) is 0 Å². The van der Waals surface area contributed by atoms with Crippen molar-refractivity contribution in [1.82, 2.24) is 0 Å². The molecule has 15 heavy (non-hydrogen) atoms. The smallest absolute Gasteiger partial charge is 0.156 e. The van der Waals surface area contributed by atoms with Gasteiger partial charge in [0.25, 0.3) is 0 Å². The molecular weight excluding hydrogens is 216 g/mol. The van der Waals surface area contributed by atoms with Crippen LogP contribution in [0.3, 0.4) is 0 Å². The molecule has 0 aromatic heterocycles. The predicted molar refractivity (Wildman–Crippen MR) is 56.7 cm³/mol. The molecular formula is C11H13ClO3. The molecule has 4 heteroatoms. The van der Waals surface area contributed by atoms with Crippen molar-refractivity contribution in [1.29, 1.82) is 0 Å². The highest BCUT2D eigenvalue weighted by atomic mass is 35.5. The van der Waals surface area contributed by atoms with Gasteiger partial charge < -0.3 is 14.6 Å². The minimum absolute atomic E-state index is 0.0692. The van der Waals surface area contributed by atoms with E-state index in [0.717, 1.165) is 5.56 Å². The molecule has 82 valence electrons. The maximum absolute atomic E-state index is 9.16. The second-order valence-corrected chi connectivity index (χ2v) is 3.91. The zero-order valence-corrected chi connectivity index (χ0v) is 9.15. The van der Waals surface area contributed by atoms with E-state index in [1.54, 1.807) is 13.0 Å². The molecule has 1 saturated heterocycles. The minimum Gasteiger partial charge on any atom is -0.394 e. The SMILES string of the molecule is CC1O[C@@H](CO)[C@H](c2ccccc2Cl)O1. The van der Waals surface area contributed by atoms with Crippen LogP contribution in [0, 0.1) is 0 Å². The van der Waals surface area contributed by atoms with Crippen LogP contribution in [0.1, 0.15) is 18.6 Å². The lowest BCUT2D eigenvalue weighted by atomic mass is 10.1.